The topological polar surface area (TPSA) is 78.8 Å². The first-order chi connectivity index (χ1) is 12.0. The van der Waals surface area contributed by atoms with E-state index in [1.165, 1.54) is 0 Å². The summed E-state index contributed by atoms with van der Waals surface area (Å²) in [6.45, 7) is 1.50. The number of rotatable bonds is 4. The Kier molecular flexibility index (Phi) is 5.16. The van der Waals surface area contributed by atoms with Gasteiger partial charge in [0.25, 0.3) is 0 Å². The first-order valence-electron chi connectivity index (χ1n) is 8.06. The number of piperidine rings is 1. The highest BCUT2D eigenvalue weighted by molar-refractivity contribution is 7.80. The molecule has 1 saturated heterocycles. The largest absolute Gasteiger partial charge is 0.388 e. The van der Waals surface area contributed by atoms with Crippen LogP contribution in [0.3, 0.4) is 0 Å². The fourth-order valence-corrected chi connectivity index (χ4v) is 3.43. The van der Waals surface area contributed by atoms with Crippen LogP contribution in [0.25, 0.3) is 0 Å². The van der Waals surface area contributed by atoms with Crippen LogP contribution in [0.2, 0.25) is 5.02 Å². The van der Waals surface area contributed by atoms with Gasteiger partial charge in [0.05, 0.1) is 11.5 Å². The van der Waals surface area contributed by atoms with Crippen molar-refractivity contribution in [3.05, 3.63) is 52.7 Å². The fourth-order valence-electron chi connectivity index (χ4n) is 3.12. The third kappa shape index (κ3) is 3.89. The van der Waals surface area contributed by atoms with Gasteiger partial charge in [0, 0.05) is 18.1 Å². The lowest BCUT2D eigenvalue weighted by atomic mass is 9.75. The van der Waals surface area contributed by atoms with E-state index in [-0.39, 0.29) is 4.99 Å². The van der Waals surface area contributed by atoms with Crippen LogP contribution < -0.4 is 10.6 Å². The summed E-state index contributed by atoms with van der Waals surface area (Å²) in [4.78, 5) is 2.37. The van der Waals surface area contributed by atoms with Crippen LogP contribution in [0.4, 0.5) is 5.82 Å². The summed E-state index contributed by atoms with van der Waals surface area (Å²) in [6, 6.07) is 13.9. The molecule has 0 unspecified atom stereocenters. The molecule has 5 nitrogen and oxygen atoms in total. The van der Waals surface area contributed by atoms with E-state index < -0.39 is 5.41 Å². The molecule has 0 aliphatic carbocycles. The maximum absolute atomic E-state index is 9.78. The molecule has 25 heavy (non-hydrogen) atoms. The van der Waals surface area contributed by atoms with Crippen molar-refractivity contribution in [2.75, 3.05) is 18.0 Å². The van der Waals surface area contributed by atoms with Crippen LogP contribution in [0.5, 0.6) is 0 Å². The molecule has 1 aromatic heterocycles. The number of thiocarbonyl (C=S) groups is 1. The number of hydrogen-bond donors (Lipinski definition) is 1. The van der Waals surface area contributed by atoms with Crippen LogP contribution >= 0.6 is 23.8 Å². The number of nitriles is 1. The molecule has 1 aliphatic rings. The second-order valence-corrected chi connectivity index (χ2v) is 7.14. The van der Waals surface area contributed by atoms with Crippen LogP contribution in [0.15, 0.2) is 36.4 Å². The molecule has 2 aromatic rings. The highest BCUT2D eigenvalue weighted by Crippen LogP contribution is 2.37. The molecule has 0 bridgehead atoms. The summed E-state index contributed by atoms with van der Waals surface area (Å²) in [5, 5.41) is 18.7. The van der Waals surface area contributed by atoms with E-state index >= 15 is 0 Å². The van der Waals surface area contributed by atoms with Gasteiger partial charge in [-0.2, -0.15) is 5.26 Å². The Bertz CT molecular complexity index is 807. The van der Waals surface area contributed by atoms with Gasteiger partial charge in [0.15, 0.2) is 5.82 Å². The summed E-state index contributed by atoms with van der Waals surface area (Å²) in [7, 11) is 0. The average Bonchev–Trinajstić information content (AvgIpc) is 2.64. The zero-order chi connectivity index (χ0) is 17.9. The molecule has 0 spiro atoms. The van der Waals surface area contributed by atoms with Gasteiger partial charge in [-0.15, -0.1) is 10.2 Å². The maximum atomic E-state index is 9.78. The predicted octanol–water partition coefficient (Wildman–Crippen LogP) is 3.12. The van der Waals surface area contributed by atoms with E-state index in [4.69, 9.17) is 29.6 Å². The van der Waals surface area contributed by atoms with Crippen molar-refractivity contribution >= 4 is 34.6 Å². The zero-order valence-electron chi connectivity index (χ0n) is 13.7. The molecule has 2 N–H and O–H groups in total. The SMILES string of the molecule is N#CC1(Cc2ccccc2Cl)CCN(c2ccc(C(N)=S)nn2)CC1. The maximum Gasteiger partial charge on any atom is 0.151 e. The third-order valence-corrected chi connectivity index (χ3v) is 5.25. The standard InChI is InChI=1S/C18H18ClN5S/c19-14-4-2-1-3-13(14)11-18(12-20)7-9-24(10-8-18)16-6-5-15(17(21)25)22-23-16/h1-6H,7-11H2,(H2,21,25). The second-order valence-electron chi connectivity index (χ2n) is 6.29. The van der Waals surface area contributed by atoms with E-state index in [1.54, 1.807) is 6.07 Å². The Hall–Kier alpha value is -2.23. The lowest BCUT2D eigenvalue weighted by molar-refractivity contribution is 0.301. The van der Waals surface area contributed by atoms with Gasteiger partial charge >= 0.3 is 0 Å². The van der Waals surface area contributed by atoms with Crippen LogP contribution in [0.1, 0.15) is 24.1 Å². The van der Waals surface area contributed by atoms with Crippen LogP contribution in [0, 0.1) is 16.7 Å². The van der Waals surface area contributed by atoms with E-state index in [1.807, 2.05) is 30.3 Å². The molecular weight excluding hydrogens is 354 g/mol. The summed E-state index contributed by atoms with van der Waals surface area (Å²) in [5.41, 5.74) is 6.70. The molecular formula is C18H18ClN5S. The van der Waals surface area contributed by atoms with Crippen molar-refractivity contribution in [1.29, 1.82) is 5.26 Å². The number of nitrogens with zero attached hydrogens (tertiary/aromatic N) is 4. The van der Waals surface area contributed by atoms with Crippen molar-refractivity contribution in [2.24, 2.45) is 11.1 Å². The molecule has 0 saturated carbocycles. The number of anilines is 1. The average molecular weight is 372 g/mol. The van der Waals surface area contributed by atoms with Gasteiger partial charge in [-0.25, -0.2) is 0 Å². The van der Waals surface area contributed by atoms with E-state index in [0.29, 0.717) is 12.1 Å². The molecule has 1 fully saturated rings. The number of aromatic nitrogens is 2. The van der Waals surface area contributed by atoms with Crippen molar-refractivity contribution < 1.29 is 0 Å². The van der Waals surface area contributed by atoms with Crippen molar-refractivity contribution in [2.45, 2.75) is 19.3 Å². The Morgan fingerprint density at radius 1 is 1.24 bits per heavy atom. The van der Waals surface area contributed by atoms with E-state index in [2.05, 4.69) is 21.2 Å². The molecule has 128 valence electrons. The van der Waals surface area contributed by atoms with Gasteiger partial charge in [-0.1, -0.05) is 42.0 Å². The monoisotopic (exact) mass is 371 g/mol. The lowest BCUT2D eigenvalue weighted by Crippen LogP contribution is -2.41. The van der Waals surface area contributed by atoms with Crippen molar-refractivity contribution in [3.8, 4) is 6.07 Å². The first kappa shape index (κ1) is 17.6. The number of halogens is 1. The fraction of sp³-hybridized carbons (Fsp3) is 0.333. The van der Waals surface area contributed by atoms with E-state index in [0.717, 1.165) is 42.3 Å². The number of benzene rings is 1. The van der Waals surface area contributed by atoms with Crippen molar-refractivity contribution in [1.82, 2.24) is 10.2 Å². The minimum Gasteiger partial charge on any atom is -0.388 e. The highest BCUT2D eigenvalue weighted by Gasteiger charge is 2.35. The Morgan fingerprint density at radius 2 is 1.96 bits per heavy atom. The molecule has 0 atom stereocenters. The quantitative estimate of drug-likeness (QED) is 0.832. The van der Waals surface area contributed by atoms with Crippen LogP contribution in [-0.2, 0) is 6.42 Å². The molecule has 0 amide bonds. The Labute approximate surface area is 157 Å². The van der Waals surface area contributed by atoms with E-state index in [9.17, 15) is 5.26 Å². The predicted molar refractivity (Wildman–Crippen MR) is 103 cm³/mol. The number of hydrogen-bond acceptors (Lipinski definition) is 5. The molecule has 1 aliphatic heterocycles. The second kappa shape index (κ2) is 7.34. The summed E-state index contributed by atoms with van der Waals surface area (Å²) in [6.07, 6.45) is 2.18. The first-order valence-corrected chi connectivity index (χ1v) is 8.85. The van der Waals surface area contributed by atoms with Gasteiger partial charge in [0.1, 0.15) is 10.7 Å². The van der Waals surface area contributed by atoms with Gasteiger partial charge in [-0.3, -0.25) is 0 Å². The Balaban J connectivity index is 1.70. The molecule has 3 rings (SSSR count). The van der Waals surface area contributed by atoms with Gasteiger partial charge < -0.3 is 10.6 Å². The van der Waals surface area contributed by atoms with Crippen LogP contribution in [-0.4, -0.2) is 28.3 Å². The number of nitrogens with two attached hydrogens (primary N) is 1. The van der Waals surface area contributed by atoms with Crippen molar-refractivity contribution in [3.63, 3.8) is 0 Å². The third-order valence-electron chi connectivity index (χ3n) is 4.67. The zero-order valence-corrected chi connectivity index (χ0v) is 15.2. The van der Waals surface area contributed by atoms with Gasteiger partial charge in [0.2, 0.25) is 0 Å². The smallest absolute Gasteiger partial charge is 0.151 e. The highest BCUT2D eigenvalue weighted by atomic mass is 35.5. The summed E-state index contributed by atoms with van der Waals surface area (Å²) >= 11 is 11.2. The minimum absolute atomic E-state index is 0.237. The molecule has 0 radical (unpaired) electrons. The lowest BCUT2D eigenvalue weighted by Gasteiger charge is -2.38. The molecule has 2 heterocycles. The Morgan fingerprint density at radius 3 is 2.52 bits per heavy atom. The minimum atomic E-state index is -0.395. The van der Waals surface area contributed by atoms with Gasteiger partial charge in [-0.05, 0) is 43.0 Å². The summed E-state index contributed by atoms with van der Waals surface area (Å²) < 4.78 is 0. The normalized spacial score (nSPS) is 16.2. The molecule has 1 aromatic carbocycles. The summed E-state index contributed by atoms with van der Waals surface area (Å²) in [5.74, 6) is 0.782. The molecule has 7 heteroatoms.